The molecule has 3 N–H and O–H groups in total. The largest absolute Gasteiger partial charge is 0.271 e. The zero-order valence-electron chi connectivity index (χ0n) is 8.45. The number of nitrogens with one attached hydrogen (secondary N) is 1. The number of hydrogen-bond acceptors (Lipinski definition) is 3. The van der Waals surface area contributed by atoms with Crippen molar-refractivity contribution in [2.75, 3.05) is 0 Å². The Labute approximate surface area is 102 Å². The van der Waals surface area contributed by atoms with Crippen LogP contribution in [0.1, 0.15) is 30.2 Å². The minimum absolute atomic E-state index is 0.370. The predicted octanol–water partition coefficient (Wildman–Crippen LogP) is 3.06. The average Bonchev–Trinajstić information content (AvgIpc) is 2.66. The zero-order valence-corrected chi connectivity index (χ0v) is 10.9. The minimum Gasteiger partial charge on any atom is -0.271 e. The number of nitrogens with two attached hydrogens (primary N) is 1. The van der Waals surface area contributed by atoms with Crippen LogP contribution >= 0.6 is 27.3 Å². The van der Waals surface area contributed by atoms with Crippen LogP contribution in [-0.4, -0.2) is 0 Å². The highest BCUT2D eigenvalue weighted by Crippen LogP contribution is 2.62. The van der Waals surface area contributed by atoms with Gasteiger partial charge in [0.05, 0.1) is 6.04 Å². The molecule has 3 rings (SSSR count). The van der Waals surface area contributed by atoms with E-state index in [9.17, 15) is 0 Å². The normalized spacial score (nSPS) is 35.2. The number of hydrazine groups is 1. The Balaban J connectivity index is 1.81. The van der Waals surface area contributed by atoms with Crippen molar-refractivity contribution in [2.24, 2.45) is 23.6 Å². The highest BCUT2D eigenvalue weighted by molar-refractivity contribution is 9.10. The summed E-state index contributed by atoms with van der Waals surface area (Å²) in [5, 5.41) is 2.13. The Morgan fingerprint density at radius 1 is 1.47 bits per heavy atom. The summed E-state index contributed by atoms with van der Waals surface area (Å²) in [6.07, 6.45) is 4.25. The van der Waals surface area contributed by atoms with Gasteiger partial charge in [0.15, 0.2) is 0 Å². The van der Waals surface area contributed by atoms with Gasteiger partial charge in [-0.25, -0.2) is 0 Å². The van der Waals surface area contributed by atoms with Crippen molar-refractivity contribution < 1.29 is 0 Å². The molecule has 2 saturated carbocycles. The molecule has 3 unspecified atom stereocenters. The van der Waals surface area contributed by atoms with Gasteiger partial charge in [-0.2, -0.15) is 0 Å². The van der Waals surface area contributed by atoms with Gasteiger partial charge in [-0.1, -0.05) is 6.42 Å². The van der Waals surface area contributed by atoms with Crippen LogP contribution in [-0.2, 0) is 0 Å². The third-order valence-corrected chi connectivity index (χ3v) is 5.92. The van der Waals surface area contributed by atoms with Gasteiger partial charge in [0.1, 0.15) is 0 Å². The third kappa shape index (κ3) is 1.58. The number of thiophene rings is 1. The predicted molar refractivity (Wildman–Crippen MR) is 66.4 cm³/mol. The molecule has 1 aromatic heterocycles. The molecule has 3 atom stereocenters. The van der Waals surface area contributed by atoms with Crippen molar-refractivity contribution in [2.45, 2.75) is 25.3 Å². The summed E-state index contributed by atoms with van der Waals surface area (Å²) < 4.78 is 1.21. The molecule has 0 bridgehead atoms. The molecule has 2 nitrogen and oxygen atoms in total. The van der Waals surface area contributed by atoms with Crippen LogP contribution < -0.4 is 11.3 Å². The molecule has 0 aliphatic heterocycles. The van der Waals surface area contributed by atoms with Crippen LogP contribution in [0, 0.1) is 17.8 Å². The fourth-order valence-corrected chi connectivity index (χ4v) is 5.00. The van der Waals surface area contributed by atoms with Crippen LogP contribution in [0.25, 0.3) is 0 Å². The number of hydrogen-bond donors (Lipinski definition) is 2. The molecule has 0 amide bonds. The van der Waals surface area contributed by atoms with Gasteiger partial charge >= 0.3 is 0 Å². The Morgan fingerprint density at radius 3 is 2.73 bits per heavy atom. The lowest BCUT2D eigenvalue weighted by atomic mass is 10.0. The maximum absolute atomic E-state index is 5.71. The first-order chi connectivity index (χ1) is 7.33. The van der Waals surface area contributed by atoms with Crippen LogP contribution in [0.4, 0.5) is 0 Å². The Bertz CT molecular complexity index is 355. The molecule has 2 fully saturated rings. The van der Waals surface area contributed by atoms with E-state index in [0.717, 1.165) is 17.8 Å². The summed E-state index contributed by atoms with van der Waals surface area (Å²) in [4.78, 5) is 1.37. The summed E-state index contributed by atoms with van der Waals surface area (Å²) >= 11 is 5.40. The molecule has 82 valence electrons. The summed E-state index contributed by atoms with van der Waals surface area (Å²) in [6.45, 7) is 0. The lowest BCUT2D eigenvalue weighted by molar-refractivity contribution is 0.430. The second kappa shape index (κ2) is 3.84. The summed E-state index contributed by atoms with van der Waals surface area (Å²) in [5.74, 6) is 8.39. The van der Waals surface area contributed by atoms with E-state index in [2.05, 4.69) is 32.8 Å². The zero-order chi connectivity index (χ0) is 10.4. The van der Waals surface area contributed by atoms with E-state index in [1.54, 1.807) is 11.3 Å². The second-order valence-electron chi connectivity index (χ2n) is 4.61. The van der Waals surface area contributed by atoms with Crippen molar-refractivity contribution in [3.63, 3.8) is 0 Å². The van der Waals surface area contributed by atoms with E-state index in [0.29, 0.717) is 6.04 Å². The molecular formula is C11H15BrN2S. The van der Waals surface area contributed by atoms with E-state index >= 15 is 0 Å². The number of fused-ring (bicyclic) bond motifs is 1. The van der Waals surface area contributed by atoms with Gasteiger partial charge in [0.25, 0.3) is 0 Å². The molecule has 0 spiro atoms. The Morgan fingerprint density at radius 2 is 2.20 bits per heavy atom. The van der Waals surface area contributed by atoms with Crippen molar-refractivity contribution >= 4 is 27.3 Å². The van der Waals surface area contributed by atoms with Crippen LogP contribution in [0.2, 0.25) is 0 Å². The van der Waals surface area contributed by atoms with Crippen LogP contribution in [0.3, 0.4) is 0 Å². The molecule has 2 aliphatic carbocycles. The fourth-order valence-electron chi connectivity index (χ4n) is 3.26. The van der Waals surface area contributed by atoms with Gasteiger partial charge in [0, 0.05) is 9.35 Å². The van der Waals surface area contributed by atoms with E-state index in [1.807, 2.05) is 0 Å². The van der Waals surface area contributed by atoms with Gasteiger partial charge in [-0.15, -0.1) is 11.3 Å². The first-order valence-electron chi connectivity index (χ1n) is 5.52. The quantitative estimate of drug-likeness (QED) is 0.662. The van der Waals surface area contributed by atoms with E-state index in [4.69, 9.17) is 5.84 Å². The first-order valence-corrected chi connectivity index (χ1v) is 7.19. The Hall–Kier alpha value is 0.100. The Kier molecular flexibility index (Phi) is 2.63. The summed E-state index contributed by atoms with van der Waals surface area (Å²) in [6, 6.07) is 2.48. The molecule has 0 aromatic carbocycles. The first kappa shape index (κ1) is 10.3. The summed E-state index contributed by atoms with van der Waals surface area (Å²) in [7, 11) is 0. The maximum Gasteiger partial charge on any atom is 0.0598 e. The smallest absolute Gasteiger partial charge is 0.0598 e. The molecule has 2 aliphatic rings. The third-order valence-electron chi connectivity index (χ3n) is 3.96. The van der Waals surface area contributed by atoms with Crippen molar-refractivity contribution in [3.05, 3.63) is 20.8 Å². The minimum atomic E-state index is 0.370. The van der Waals surface area contributed by atoms with Gasteiger partial charge in [-0.05, 0) is 58.0 Å². The van der Waals surface area contributed by atoms with Crippen molar-refractivity contribution in [1.82, 2.24) is 5.43 Å². The fraction of sp³-hybridized carbons (Fsp3) is 0.636. The van der Waals surface area contributed by atoms with Gasteiger partial charge < -0.3 is 0 Å². The highest BCUT2D eigenvalue weighted by atomic mass is 79.9. The molecule has 0 saturated heterocycles. The van der Waals surface area contributed by atoms with Gasteiger partial charge in [0.2, 0.25) is 0 Å². The average molecular weight is 287 g/mol. The maximum atomic E-state index is 5.71. The van der Waals surface area contributed by atoms with Crippen molar-refractivity contribution in [1.29, 1.82) is 0 Å². The lowest BCUT2D eigenvalue weighted by Gasteiger charge is -2.17. The monoisotopic (exact) mass is 286 g/mol. The van der Waals surface area contributed by atoms with E-state index in [1.165, 1.54) is 28.6 Å². The standard InChI is InChI=1S/C11H15BrN2S/c12-8-4-5-15-11(8)10(14-13)9-6-2-1-3-7(6)9/h4-7,9-10,14H,1-3,13H2. The van der Waals surface area contributed by atoms with Crippen molar-refractivity contribution in [3.8, 4) is 0 Å². The van der Waals surface area contributed by atoms with Crippen LogP contribution in [0.5, 0.6) is 0 Å². The molecule has 0 radical (unpaired) electrons. The molecule has 1 aromatic rings. The SMILES string of the molecule is NNC(c1sccc1Br)C1C2CCCC21. The van der Waals surface area contributed by atoms with E-state index < -0.39 is 0 Å². The van der Waals surface area contributed by atoms with E-state index in [-0.39, 0.29) is 0 Å². The lowest BCUT2D eigenvalue weighted by Crippen LogP contribution is -2.30. The molecule has 1 heterocycles. The molecule has 15 heavy (non-hydrogen) atoms. The molecule has 4 heteroatoms. The molecular weight excluding hydrogens is 272 g/mol. The number of rotatable bonds is 3. The van der Waals surface area contributed by atoms with Gasteiger partial charge in [-0.3, -0.25) is 11.3 Å². The number of halogens is 1. The highest BCUT2D eigenvalue weighted by Gasteiger charge is 2.56. The summed E-state index contributed by atoms with van der Waals surface area (Å²) in [5.41, 5.74) is 3.02. The second-order valence-corrected chi connectivity index (χ2v) is 6.42. The topological polar surface area (TPSA) is 38.0 Å². The van der Waals surface area contributed by atoms with Crippen LogP contribution in [0.15, 0.2) is 15.9 Å².